The summed E-state index contributed by atoms with van der Waals surface area (Å²) in [5.74, 6) is -0.0919. The van der Waals surface area contributed by atoms with Crippen molar-refractivity contribution in [3.8, 4) is 0 Å². The van der Waals surface area contributed by atoms with E-state index in [0.717, 1.165) is 9.24 Å². The Balaban J connectivity index is 1.96. The second-order valence-corrected chi connectivity index (χ2v) is 6.82. The van der Waals surface area contributed by atoms with Crippen LogP contribution in [0.4, 0.5) is 0 Å². The van der Waals surface area contributed by atoms with Gasteiger partial charge in [-0.3, -0.25) is 9.48 Å². The molecule has 0 aliphatic carbocycles. The van der Waals surface area contributed by atoms with Gasteiger partial charge in [-0.2, -0.15) is 9.47 Å². The highest BCUT2D eigenvalue weighted by Crippen LogP contribution is 2.32. The van der Waals surface area contributed by atoms with Gasteiger partial charge in [0.1, 0.15) is 5.03 Å². The molecular formula is C11H13ClN4OS3. The molecule has 2 rings (SSSR count). The van der Waals surface area contributed by atoms with E-state index in [1.165, 1.54) is 35.1 Å². The van der Waals surface area contributed by atoms with E-state index in [-0.39, 0.29) is 5.91 Å². The number of nitrogens with zero attached hydrogens (tertiary/aromatic N) is 3. The summed E-state index contributed by atoms with van der Waals surface area (Å²) >= 11 is 10.2. The fourth-order valence-electron chi connectivity index (χ4n) is 1.56. The van der Waals surface area contributed by atoms with Gasteiger partial charge in [-0.15, -0.1) is 23.5 Å². The van der Waals surface area contributed by atoms with E-state index >= 15 is 0 Å². The lowest BCUT2D eigenvalue weighted by molar-refractivity contribution is 0.0946. The van der Waals surface area contributed by atoms with Crippen molar-refractivity contribution >= 4 is 52.6 Å². The number of hydrogen-bond acceptors (Lipinski definition) is 6. The van der Waals surface area contributed by atoms with E-state index in [2.05, 4.69) is 14.8 Å². The zero-order valence-corrected chi connectivity index (χ0v) is 14.1. The smallest absolute Gasteiger partial charge is 0.256 e. The molecule has 0 bridgehead atoms. The SMILES string of the molecule is CSc1nsc(SC)c1C(=O)NCCn1cc(Cl)cn1. The Morgan fingerprint density at radius 1 is 1.50 bits per heavy atom. The van der Waals surface area contributed by atoms with E-state index in [4.69, 9.17) is 11.6 Å². The van der Waals surface area contributed by atoms with Gasteiger partial charge in [0.2, 0.25) is 0 Å². The third kappa shape index (κ3) is 3.69. The molecule has 0 fully saturated rings. The standard InChI is InChI=1S/C11H13ClN4OS3/c1-18-10-8(11(19-2)20-15-10)9(17)13-3-4-16-6-7(12)5-14-16/h5-6H,3-4H2,1-2H3,(H,13,17). The minimum atomic E-state index is -0.0919. The average Bonchev–Trinajstić information content (AvgIpc) is 3.04. The van der Waals surface area contributed by atoms with Crippen molar-refractivity contribution in [2.45, 2.75) is 15.8 Å². The van der Waals surface area contributed by atoms with Crippen LogP contribution in [0.25, 0.3) is 0 Å². The quantitative estimate of drug-likeness (QED) is 0.813. The van der Waals surface area contributed by atoms with E-state index in [0.29, 0.717) is 23.7 Å². The molecule has 0 radical (unpaired) electrons. The lowest BCUT2D eigenvalue weighted by atomic mass is 10.3. The van der Waals surface area contributed by atoms with Crippen LogP contribution in [0.1, 0.15) is 10.4 Å². The van der Waals surface area contributed by atoms with E-state index in [1.807, 2.05) is 12.5 Å². The molecule has 0 aromatic carbocycles. The minimum absolute atomic E-state index is 0.0919. The Hall–Kier alpha value is -0.700. The number of aromatic nitrogens is 3. The van der Waals surface area contributed by atoms with Gasteiger partial charge >= 0.3 is 0 Å². The van der Waals surface area contributed by atoms with Crippen molar-refractivity contribution in [2.24, 2.45) is 0 Å². The molecule has 0 saturated heterocycles. The summed E-state index contributed by atoms with van der Waals surface area (Å²) in [7, 11) is 0. The molecule has 9 heteroatoms. The molecule has 108 valence electrons. The topological polar surface area (TPSA) is 59.8 Å². The number of hydrogen-bond donors (Lipinski definition) is 1. The molecule has 0 spiro atoms. The third-order valence-corrected chi connectivity index (χ3v) is 5.40. The molecule has 0 atom stereocenters. The van der Waals surface area contributed by atoms with E-state index in [9.17, 15) is 4.79 Å². The van der Waals surface area contributed by atoms with Crippen molar-refractivity contribution in [3.05, 3.63) is 23.0 Å². The molecule has 2 aromatic heterocycles. The van der Waals surface area contributed by atoms with Gasteiger partial charge in [-0.25, -0.2) is 0 Å². The lowest BCUT2D eigenvalue weighted by Gasteiger charge is -2.06. The number of amides is 1. The zero-order valence-electron chi connectivity index (χ0n) is 10.9. The Morgan fingerprint density at radius 3 is 2.90 bits per heavy atom. The van der Waals surface area contributed by atoms with Crippen molar-refractivity contribution in [3.63, 3.8) is 0 Å². The van der Waals surface area contributed by atoms with E-state index < -0.39 is 0 Å². The third-order valence-electron chi connectivity index (χ3n) is 2.46. The maximum atomic E-state index is 12.2. The number of rotatable bonds is 6. The predicted octanol–water partition coefficient (Wildman–Crippen LogP) is 2.87. The second-order valence-electron chi connectivity index (χ2n) is 3.74. The summed E-state index contributed by atoms with van der Waals surface area (Å²) in [6.45, 7) is 1.08. The first-order chi connectivity index (χ1) is 9.65. The molecule has 0 unspecified atom stereocenters. The van der Waals surface area contributed by atoms with Crippen LogP contribution >= 0.6 is 46.7 Å². The summed E-state index contributed by atoms with van der Waals surface area (Å²) in [6.07, 6.45) is 7.16. The van der Waals surface area contributed by atoms with Crippen molar-refractivity contribution in [1.82, 2.24) is 19.5 Å². The lowest BCUT2D eigenvalue weighted by Crippen LogP contribution is -2.27. The molecule has 2 heterocycles. The Morgan fingerprint density at radius 2 is 2.30 bits per heavy atom. The molecule has 5 nitrogen and oxygen atoms in total. The number of carbonyl (C=O) groups excluding carboxylic acids is 1. The summed E-state index contributed by atoms with van der Waals surface area (Å²) < 4.78 is 6.92. The molecular weight excluding hydrogens is 336 g/mol. The van der Waals surface area contributed by atoms with Gasteiger partial charge in [0.25, 0.3) is 5.91 Å². The highest BCUT2D eigenvalue weighted by molar-refractivity contribution is 8.01. The summed E-state index contributed by atoms with van der Waals surface area (Å²) in [4.78, 5) is 12.2. The van der Waals surface area contributed by atoms with Gasteiger partial charge in [0, 0.05) is 12.7 Å². The highest BCUT2D eigenvalue weighted by atomic mass is 35.5. The van der Waals surface area contributed by atoms with Crippen LogP contribution in [0.5, 0.6) is 0 Å². The monoisotopic (exact) mass is 348 g/mol. The number of halogens is 1. The van der Waals surface area contributed by atoms with Gasteiger partial charge in [-0.05, 0) is 24.0 Å². The van der Waals surface area contributed by atoms with Crippen LogP contribution in [0.3, 0.4) is 0 Å². The van der Waals surface area contributed by atoms with Crippen molar-refractivity contribution < 1.29 is 4.79 Å². The Bertz CT molecular complexity index is 577. The molecule has 0 saturated carbocycles. The predicted molar refractivity (Wildman–Crippen MR) is 85.2 cm³/mol. The fraction of sp³-hybridized carbons (Fsp3) is 0.364. The maximum absolute atomic E-state index is 12.2. The van der Waals surface area contributed by atoms with Crippen LogP contribution in [-0.4, -0.2) is 39.1 Å². The fourth-order valence-corrected chi connectivity index (χ4v) is 4.00. The van der Waals surface area contributed by atoms with Gasteiger partial charge in [0.05, 0.1) is 27.5 Å². The average molecular weight is 349 g/mol. The molecule has 1 N–H and O–H groups in total. The van der Waals surface area contributed by atoms with Crippen LogP contribution in [-0.2, 0) is 6.54 Å². The molecule has 1 amide bonds. The minimum Gasteiger partial charge on any atom is -0.350 e. The summed E-state index contributed by atoms with van der Waals surface area (Å²) in [5.41, 5.74) is 0.675. The normalized spacial score (nSPS) is 10.8. The van der Waals surface area contributed by atoms with Crippen LogP contribution in [0.2, 0.25) is 5.02 Å². The number of carbonyl (C=O) groups is 1. The first kappa shape index (κ1) is 15.7. The Kier molecular flexibility index (Phi) is 5.76. The van der Waals surface area contributed by atoms with Crippen LogP contribution < -0.4 is 5.32 Å². The zero-order chi connectivity index (χ0) is 14.5. The van der Waals surface area contributed by atoms with Gasteiger partial charge in [0.15, 0.2) is 0 Å². The number of thioether (sulfide) groups is 2. The molecule has 0 aliphatic rings. The van der Waals surface area contributed by atoms with Crippen LogP contribution in [0, 0.1) is 0 Å². The largest absolute Gasteiger partial charge is 0.350 e. The summed E-state index contributed by atoms with van der Waals surface area (Å²) in [5, 5.41) is 8.31. The van der Waals surface area contributed by atoms with E-state index in [1.54, 1.807) is 17.1 Å². The number of nitrogens with one attached hydrogen (secondary N) is 1. The molecule has 2 aromatic rings. The second kappa shape index (κ2) is 7.35. The summed E-state index contributed by atoms with van der Waals surface area (Å²) in [6, 6.07) is 0. The van der Waals surface area contributed by atoms with Gasteiger partial charge in [-0.1, -0.05) is 11.6 Å². The van der Waals surface area contributed by atoms with Crippen LogP contribution in [0.15, 0.2) is 21.6 Å². The van der Waals surface area contributed by atoms with Crippen molar-refractivity contribution in [1.29, 1.82) is 0 Å². The molecule has 0 aliphatic heterocycles. The van der Waals surface area contributed by atoms with Crippen molar-refractivity contribution in [2.75, 3.05) is 19.1 Å². The first-order valence-corrected chi connectivity index (χ1v) is 9.29. The highest BCUT2D eigenvalue weighted by Gasteiger charge is 2.19. The first-order valence-electron chi connectivity index (χ1n) is 5.69. The molecule has 20 heavy (non-hydrogen) atoms. The maximum Gasteiger partial charge on any atom is 0.256 e. The Labute approximate surface area is 134 Å². The van der Waals surface area contributed by atoms with Gasteiger partial charge < -0.3 is 5.32 Å².